The zero-order chi connectivity index (χ0) is 59.5. The van der Waals surface area contributed by atoms with Crippen molar-refractivity contribution in [3.05, 3.63) is 60.8 Å². The van der Waals surface area contributed by atoms with Crippen LogP contribution in [-0.4, -0.2) is 140 Å². The molecule has 12 unspecified atom stereocenters. The molecule has 0 aromatic heterocycles. The van der Waals surface area contributed by atoms with E-state index in [2.05, 4.69) is 67.8 Å². The predicted octanol–water partition coefficient (Wildman–Crippen LogP) is 12.9. The van der Waals surface area contributed by atoms with Crippen LogP contribution in [0, 0.1) is 0 Å². The lowest BCUT2D eigenvalue weighted by Crippen LogP contribution is -2.65. The van der Waals surface area contributed by atoms with Gasteiger partial charge < -0.3 is 65.1 Å². The molecule has 1 amide bonds. The second-order valence-corrected chi connectivity index (χ2v) is 23.6. The molecule has 0 aromatic carbocycles. The minimum absolute atomic E-state index is 0.257. The van der Waals surface area contributed by atoms with Gasteiger partial charge in [-0.25, -0.2) is 0 Å². The van der Waals surface area contributed by atoms with Gasteiger partial charge in [-0.1, -0.05) is 254 Å². The lowest BCUT2D eigenvalue weighted by molar-refractivity contribution is -0.359. The molecule has 12 atom stereocenters. The van der Waals surface area contributed by atoms with Crippen LogP contribution in [-0.2, 0) is 23.7 Å². The van der Waals surface area contributed by atoms with Crippen molar-refractivity contribution >= 4 is 5.91 Å². The van der Waals surface area contributed by atoms with Crippen molar-refractivity contribution in [1.82, 2.24) is 5.32 Å². The van der Waals surface area contributed by atoms with Gasteiger partial charge in [0, 0.05) is 6.42 Å². The third-order valence-corrected chi connectivity index (χ3v) is 16.2. The van der Waals surface area contributed by atoms with E-state index in [1.807, 2.05) is 6.08 Å². The molecule has 14 nitrogen and oxygen atoms in total. The lowest BCUT2D eigenvalue weighted by Gasteiger charge is -2.46. The summed E-state index contributed by atoms with van der Waals surface area (Å²) < 4.78 is 22.8. The van der Waals surface area contributed by atoms with E-state index in [0.717, 1.165) is 64.2 Å². The molecule has 0 radical (unpaired) electrons. The molecule has 2 saturated heterocycles. The molecule has 0 spiro atoms. The van der Waals surface area contributed by atoms with Gasteiger partial charge in [-0.2, -0.15) is 0 Å². The Morgan fingerprint density at radius 2 is 0.817 bits per heavy atom. The highest BCUT2D eigenvalue weighted by Crippen LogP contribution is 2.30. The first-order valence-electron chi connectivity index (χ1n) is 33.5. The van der Waals surface area contributed by atoms with Gasteiger partial charge in [0.1, 0.15) is 48.8 Å². The van der Waals surface area contributed by atoms with Gasteiger partial charge in [0.2, 0.25) is 5.91 Å². The summed E-state index contributed by atoms with van der Waals surface area (Å²) in [5.41, 5.74) is 0. The van der Waals surface area contributed by atoms with Crippen molar-refractivity contribution in [2.75, 3.05) is 19.8 Å². The van der Waals surface area contributed by atoms with Gasteiger partial charge in [0.25, 0.3) is 0 Å². The number of aliphatic hydroxyl groups excluding tert-OH is 8. The lowest BCUT2D eigenvalue weighted by atomic mass is 9.97. The maximum atomic E-state index is 13.3. The van der Waals surface area contributed by atoms with Crippen molar-refractivity contribution in [3.8, 4) is 0 Å². The minimum atomic E-state index is -1.79. The number of hydrogen-bond acceptors (Lipinski definition) is 13. The molecule has 82 heavy (non-hydrogen) atoms. The summed E-state index contributed by atoms with van der Waals surface area (Å²) in [6.45, 7) is 2.77. The Labute approximate surface area is 498 Å². The van der Waals surface area contributed by atoms with Crippen LogP contribution in [0.3, 0.4) is 0 Å². The van der Waals surface area contributed by atoms with Crippen molar-refractivity contribution < 1.29 is 64.6 Å². The van der Waals surface area contributed by atoms with Crippen LogP contribution in [0.25, 0.3) is 0 Å². The van der Waals surface area contributed by atoms with Crippen molar-refractivity contribution in [3.63, 3.8) is 0 Å². The predicted molar refractivity (Wildman–Crippen MR) is 332 cm³/mol. The molecular weight excluding hydrogens is 1040 g/mol. The molecule has 0 aromatic rings. The Kier molecular flexibility index (Phi) is 49.0. The van der Waals surface area contributed by atoms with Crippen LogP contribution in [0.5, 0.6) is 0 Å². The van der Waals surface area contributed by atoms with E-state index in [4.69, 9.17) is 18.9 Å². The van der Waals surface area contributed by atoms with Gasteiger partial charge >= 0.3 is 0 Å². The topological polar surface area (TPSA) is 228 Å². The first-order valence-corrected chi connectivity index (χ1v) is 33.5. The average molecular weight is 1160 g/mol. The Morgan fingerprint density at radius 3 is 1.30 bits per heavy atom. The molecule has 14 heteroatoms. The van der Waals surface area contributed by atoms with E-state index in [1.54, 1.807) is 6.08 Å². The van der Waals surface area contributed by atoms with Crippen molar-refractivity contribution in [1.29, 1.82) is 0 Å². The highest BCUT2D eigenvalue weighted by atomic mass is 16.7. The smallest absolute Gasteiger partial charge is 0.220 e. The fourth-order valence-electron chi connectivity index (χ4n) is 10.8. The molecule has 2 heterocycles. The molecule has 2 rings (SSSR count). The van der Waals surface area contributed by atoms with Gasteiger partial charge in [-0.3, -0.25) is 4.79 Å². The summed E-state index contributed by atoms with van der Waals surface area (Å²) in [5, 5.41) is 87.3. The summed E-state index contributed by atoms with van der Waals surface area (Å²) >= 11 is 0. The number of ether oxygens (including phenoxy) is 4. The number of allylic oxidation sites excluding steroid dienone is 9. The minimum Gasteiger partial charge on any atom is -0.394 e. The number of hydrogen-bond donors (Lipinski definition) is 9. The van der Waals surface area contributed by atoms with Crippen LogP contribution < -0.4 is 5.32 Å². The fraction of sp³-hybridized carbons (Fsp3) is 0.838. The van der Waals surface area contributed by atoms with Gasteiger partial charge in [-0.15, -0.1) is 0 Å². The highest BCUT2D eigenvalue weighted by molar-refractivity contribution is 5.76. The Balaban J connectivity index is 1.72. The molecule has 478 valence electrons. The average Bonchev–Trinajstić information content (AvgIpc) is 3.67. The molecule has 0 saturated carbocycles. The molecule has 9 N–H and O–H groups in total. The number of carbonyl (C=O) groups excluding carboxylic acids is 1. The monoisotopic (exact) mass is 1160 g/mol. The zero-order valence-corrected chi connectivity index (χ0v) is 51.7. The Bertz CT molecular complexity index is 1610. The number of amides is 1. The standard InChI is InChI=1S/C68H123NO13/c1-3-5-7-9-11-13-15-17-19-21-23-24-25-26-27-28-29-30-31-32-34-35-37-39-41-43-45-47-49-51-57(72)56(69-60(73)52-50-48-46-44-42-40-38-36-33-22-20-18-16-14-12-10-8-6-4-2)55-79-67-65(78)63(76)66(59(54-71)81-67)82-68-64(77)62(75)61(74)58(53-70)80-68/h12,14,18,20,33,36,41,43,49,51,56-59,61-68,70-72,74-78H,3-11,13,15-17,19,21-32,34-35,37-40,42,44-48,50,52-55H2,1-2H3,(H,69,73)/b14-12-,20-18-,36-33-,43-41+,51-49+. The first-order chi connectivity index (χ1) is 40.1. The summed E-state index contributed by atoms with van der Waals surface area (Å²) in [4.78, 5) is 13.3. The fourth-order valence-corrected chi connectivity index (χ4v) is 10.8. The van der Waals surface area contributed by atoms with Crippen LogP contribution in [0.2, 0.25) is 0 Å². The van der Waals surface area contributed by atoms with Gasteiger partial charge in [-0.05, 0) is 70.6 Å². The van der Waals surface area contributed by atoms with E-state index in [-0.39, 0.29) is 18.9 Å². The normalized spacial score (nSPS) is 24.3. The summed E-state index contributed by atoms with van der Waals surface area (Å²) in [5.74, 6) is -0.261. The second kappa shape index (κ2) is 53.0. The van der Waals surface area contributed by atoms with Crippen LogP contribution >= 0.6 is 0 Å². The van der Waals surface area contributed by atoms with E-state index >= 15 is 0 Å². The number of aliphatic hydroxyl groups is 8. The molecule has 2 aliphatic heterocycles. The van der Waals surface area contributed by atoms with E-state index in [1.165, 1.54) is 173 Å². The van der Waals surface area contributed by atoms with E-state index < -0.39 is 86.8 Å². The van der Waals surface area contributed by atoms with Crippen LogP contribution in [0.15, 0.2) is 60.8 Å². The van der Waals surface area contributed by atoms with Crippen molar-refractivity contribution in [2.45, 2.75) is 344 Å². The summed E-state index contributed by atoms with van der Waals surface area (Å²) in [6.07, 6.45) is 52.8. The first kappa shape index (κ1) is 75.8. The number of carbonyl (C=O) groups is 1. The molecular formula is C68H123NO13. The summed E-state index contributed by atoms with van der Waals surface area (Å²) in [6, 6.07) is -0.942. The quantitative estimate of drug-likeness (QED) is 0.0204. The highest BCUT2D eigenvalue weighted by Gasteiger charge is 2.51. The number of rotatable bonds is 54. The maximum absolute atomic E-state index is 13.3. The Hall–Kier alpha value is -2.31. The van der Waals surface area contributed by atoms with E-state index in [0.29, 0.717) is 12.8 Å². The summed E-state index contributed by atoms with van der Waals surface area (Å²) in [7, 11) is 0. The SMILES string of the molecule is CCCCC/C=C\C/C=C\C/C=C\CCCCCCCCC(=O)NC(COC1OC(CO)C(OC2OC(CO)C(O)C(O)C2O)C(O)C1O)C(O)/C=C/CC/C=C/CCCCCCCCCCCCCCCCCCCCCCCCC. The van der Waals surface area contributed by atoms with Gasteiger partial charge in [0.05, 0.1) is 32.0 Å². The molecule has 0 bridgehead atoms. The molecule has 2 aliphatic rings. The third kappa shape index (κ3) is 37.3. The third-order valence-electron chi connectivity index (χ3n) is 16.2. The second-order valence-electron chi connectivity index (χ2n) is 23.6. The number of unbranched alkanes of at least 4 members (excludes halogenated alkanes) is 33. The number of nitrogens with one attached hydrogen (secondary N) is 1. The van der Waals surface area contributed by atoms with Crippen molar-refractivity contribution in [2.24, 2.45) is 0 Å². The van der Waals surface area contributed by atoms with Crippen LogP contribution in [0.4, 0.5) is 0 Å². The molecule has 0 aliphatic carbocycles. The zero-order valence-electron chi connectivity index (χ0n) is 51.7. The van der Waals surface area contributed by atoms with Crippen LogP contribution in [0.1, 0.15) is 271 Å². The van der Waals surface area contributed by atoms with E-state index in [9.17, 15) is 45.6 Å². The molecule has 2 fully saturated rings. The Morgan fingerprint density at radius 1 is 0.439 bits per heavy atom. The van der Waals surface area contributed by atoms with Gasteiger partial charge in [0.15, 0.2) is 12.6 Å². The maximum Gasteiger partial charge on any atom is 0.220 e. The largest absolute Gasteiger partial charge is 0.394 e.